The third-order valence-electron chi connectivity index (χ3n) is 5.50. The van der Waals surface area contributed by atoms with Crippen LogP contribution in [-0.4, -0.2) is 38.9 Å². The lowest BCUT2D eigenvalue weighted by Crippen LogP contribution is -2.33. The summed E-state index contributed by atoms with van der Waals surface area (Å²) in [4.78, 5) is 45.4. The van der Waals surface area contributed by atoms with E-state index in [0.29, 0.717) is 17.9 Å². The van der Waals surface area contributed by atoms with Gasteiger partial charge in [0.25, 0.3) is 5.91 Å². The molecule has 2 amide bonds. The molecular formula is C25H25N5O5. The summed E-state index contributed by atoms with van der Waals surface area (Å²) in [6.45, 7) is 2.27. The molecule has 4 rings (SSSR count). The van der Waals surface area contributed by atoms with Crippen LogP contribution >= 0.6 is 0 Å². The van der Waals surface area contributed by atoms with E-state index >= 15 is 0 Å². The normalized spacial score (nSPS) is 11.7. The largest absolute Gasteiger partial charge is 0.493 e. The molecule has 4 aromatic rings. The molecule has 35 heavy (non-hydrogen) atoms. The maximum Gasteiger partial charge on any atom is 0.326 e. The molecule has 0 aliphatic carbocycles. The van der Waals surface area contributed by atoms with Gasteiger partial charge in [0.15, 0.2) is 0 Å². The molecule has 0 radical (unpaired) electrons. The topological polar surface area (TPSA) is 149 Å². The highest BCUT2D eigenvalue weighted by Crippen LogP contribution is 2.23. The molecule has 0 bridgehead atoms. The molecule has 1 unspecified atom stereocenters. The van der Waals surface area contributed by atoms with Crippen LogP contribution in [-0.2, 0) is 11.4 Å². The predicted octanol–water partition coefficient (Wildman–Crippen LogP) is 2.45. The van der Waals surface area contributed by atoms with Gasteiger partial charge in [-0.25, -0.2) is 4.79 Å². The van der Waals surface area contributed by atoms with Crippen LogP contribution in [0.3, 0.4) is 0 Å². The number of imidazole rings is 1. The van der Waals surface area contributed by atoms with Gasteiger partial charge in [0.05, 0.1) is 18.0 Å². The first-order valence-electron chi connectivity index (χ1n) is 10.9. The van der Waals surface area contributed by atoms with Crippen LogP contribution in [0.5, 0.6) is 11.6 Å². The zero-order valence-electron chi connectivity index (χ0n) is 19.2. The standard InChI is InChI=1S/C25H25N5O5/c1-14-11-16(18-5-3-4-6-19(18)27-14)13-35-17-9-7-15(8-10-17)23(32)28-20(12-21(31)26-2)22-24(33)30-25(34)29-22/h3-11,20,33H,12-13H2,1-2H3,(H,26,31)(H,28,32)(H2,29,30,34). The maximum atomic E-state index is 12.8. The van der Waals surface area contributed by atoms with Gasteiger partial charge in [-0.2, -0.15) is 0 Å². The summed E-state index contributed by atoms with van der Waals surface area (Å²) < 4.78 is 5.94. The predicted molar refractivity (Wildman–Crippen MR) is 129 cm³/mol. The number of H-pyrrole nitrogens is 2. The molecular weight excluding hydrogens is 450 g/mol. The monoisotopic (exact) mass is 475 g/mol. The minimum absolute atomic E-state index is 0.0202. The van der Waals surface area contributed by atoms with Crippen LogP contribution in [0.1, 0.15) is 39.8 Å². The van der Waals surface area contributed by atoms with Gasteiger partial charge in [0, 0.05) is 29.3 Å². The van der Waals surface area contributed by atoms with E-state index in [-0.39, 0.29) is 18.0 Å². The van der Waals surface area contributed by atoms with E-state index in [9.17, 15) is 19.5 Å². The van der Waals surface area contributed by atoms with Crippen molar-refractivity contribution in [1.29, 1.82) is 0 Å². The molecule has 0 saturated heterocycles. The molecule has 0 spiro atoms. The molecule has 1 atom stereocenters. The van der Waals surface area contributed by atoms with Gasteiger partial charge in [-0.05, 0) is 43.3 Å². The quantitative estimate of drug-likeness (QED) is 0.264. The van der Waals surface area contributed by atoms with Crippen molar-refractivity contribution in [2.45, 2.75) is 26.0 Å². The van der Waals surface area contributed by atoms with E-state index in [1.165, 1.54) is 7.05 Å². The molecule has 0 aliphatic heterocycles. The molecule has 180 valence electrons. The summed E-state index contributed by atoms with van der Waals surface area (Å²) in [5, 5.41) is 16.1. The molecule has 2 aromatic carbocycles. The number of aryl methyl sites for hydroxylation is 1. The first-order valence-corrected chi connectivity index (χ1v) is 10.9. The Balaban J connectivity index is 1.46. The number of aromatic amines is 2. The average molecular weight is 476 g/mol. The third-order valence-corrected chi connectivity index (χ3v) is 5.50. The lowest BCUT2D eigenvalue weighted by Gasteiger charge is -2.17. The lowest BCUT2D eigenvalue weighted by atomic mass is 10.1. The van der Waals surface area contributed by atoms with Crippen LogP contribution in [0.15, 0.2) is 59.4 Å². The van der Waals surface area contributed by atoms with Gasteiger partial charge >= 0.3 is 5.69 Å². The van der Waals surface area contributed by atoms with Crippen molar-refractivity contribution in [2.75, 3.05) is 7.05 Å². The van der Waals surface area contributed by atoms with E-state index in [4.69, 9.17) is 4.74 Å². The smallest absolute Gasteiger partial charge is 0.326 e. The summed E-state index contributed by atoms with van der Waals surface area (Å²) in [5.41, 5.74) is 2.50. The van der Waals surface area contributed by atoms with E-state index < -0.39 is 23.5 Å². The van der Waals surface area contributed by atoms with E-state index in [2.05, 4.69) is 25.6 Å². The van der Waals surface area contributed by atoms with Crippen LogP contribution < -0.4 is 21.1 Å². The summed E-state index contributed by atoms with van der Waals surface area (Å²) in [6.07, 6.45) is -0.176. The fourth-order valence-corrected chi connectivity index (χ4v) is 3.77. The van der Waals surface area contributed by atoms with Crippen LogP contribution in [0.2, 0.25) is 0 Å². The van der Waals surface area contributed by atoms with Crippen molar-refractivity contribution in [2.24, 2.45) is 0 Å². The second-order valence-electron chi connectivity index (χ2n) is 8.00. The number of aromatic hydroxyl groups is 1. The highest BCUT2D eigenvalue weighted by molar-refractivity contribution is 5.95. The van der Waals surface area contributed by atoms with Crippen LogP contribution in [0.25, 0.3) is 10.9 Å². The molecule has 0 saturated carbocycles. The first kappa shape index (κ1) is 23.6. The Morgan fingerprint density at radius 3 is 2.54 bits per heavy atom. The summed E-state index contributed by atoms with van der Waals surface area (Å²) in [7, 11) is 1.45. The third kappa shape index (κ3) is 5.49. The second kappa shape index (κ2) is 10.1. The minimum atomic E-state index is -0.944. The number of pyridine rings is 1. The summed E-state index contributed by atoms with van der Waals surface area (Å²) >= 11 is 0. The molecule has 2 aromatic heterocycles. The Morgan fingerprint density at radius 1 is 1.11 bits per heavy atom. The highest BCUT2D eigenvalue weighted by atomic mass is 16.5. The number of carbonyl (C=O) groups is 2. The van der Waals surface area contributed by atoms with Crippen molar-refractivity contribution in [3.05, 3.63) is 87.6 Å². The fourth-order valence-electron chi connectivity index (χ4n) is 3.77. The molecule has 10 nitrogen and oxygen atoms in total. The van der Waals surface area contributed by atoms with E-state index in [1.54, 1.807) is 24.3 Å². The Labute approximate surface area is 200 Å². The average Bonchev–Trinajstić information content (AvgIpc) is 3.19. The van der Waals surface area contributed by atoms with Crippen molar-refractivity contribution >= 4 is 22.7 Å². The zero-order valence-corrected chi connectivity index (χ0v) is 19.2. The fraction of sp³-hybridized carbons (Fsp3) is 0.200. The number of hydrogen-bond donors (Lipinski definition) is 5. The second-order valence-corrected chi connectivity index (χ2v) is 8.00. The maximum absolute atomic E-state index is 12.8. The van der Waals surface area contributed by atoms with Crippen LogP contribution in [0, 0.1) is 6.92 Å². The van der Waals surface area contributed by atoms with Crippen molar-refractivity contribution in [3.8, 4) is 11.6 Å². The lowest BCUT2D eigenvalue weighted by molar-refractivity contribution is -0.121. The molecule has 0 fully saturated rings. The number of nitrogens with one attached hydrogen (secondary N) is 4. The number of amides is 2. The van der Waals surface area contributed by atoms with Gasteiger partial charge in [0.2, 0.25) is 11.8 Å². The Bertz CT molecular complexity index is 1420. The number of rotatable bonds is 8. The number of carbonyl (C=O) groups excluding carboxylic acids is 2. The number of fused-ring (bicyclic) bond motifs is 1. The van der Waals surface area contributed by atoms with Crippen molar-refractivity contribution in [1.82, 2.24) is 25.6 Å². The number of hydrogen-bond acceptors (Lipinski definition) is 6. The number of nitrogens with zero attached hydrogens (tertiary/aromatic N) is 1. The van der Waals surface area contributed by atoms with Crippen molar-refractivity contribution in [3.63, 3.8) is 0 Å². The van der Waals surface area contributed by atoms with Gasteiger partial charge in [-0.3, -0.25) is 19.6 Å². The SMILES string of the molecule is CNC(=O)CC(NC(=O)c1ccc(OCc2cc(C)nc3ccccc23)cc1)c1[nH]c(=O)[nH]c1O. The molecule has 10 heteroatoms. The number of benzene rings is 2. The Hall–Kier alpha value is -4.60. The van der Waals surface area contributed by atoms with Gasteiger partial charge in [0.1, 0.15) is 18.1 Å². The molecule has 0 aliphatic rings. The number of aromatic nitrogens is 3. The summed E-state index contributed by atoms with van der Waals surface area (Å²) in [5.74, 6) is -0.719. The Kier molecular flexibility index (Phi) is 6.81. The summed E-state index contributed by atoms with van der Waals surface area (Å²) in [6, 6.07) is 15.4. The van der Waals surface area contributed by atoms with E-state index in [0.717, 1.165) is 22.2 Å². The van der Waals surface area contributed by atoms with Gasteiger partial charge < -0.3 is 25.5 Å². The molecule has 5 N–H and O–H groups in total. The first-order chi connectivity index (χ1) is 16.8. The highest BCUT2D eigenvalue weighted by Gasteiger charge is 2.24. The molecule has 2 heterocycles. The number of para-hydroxylation sites is 1. The van der Waals surface area contributed by atoms with E-state index in [1.807, 2.05) is 37.3 Å². The number of ether oxygens (including phenoxy) is 1. The van der Waals surface area contributed by atoms with Gasteiger partial charge in [-0.15, -0.1) is 0 Å². The minimum Gasteiger partial charge on any atom is -0.493 e. The van der Waals surface area contributed by atoms with Gasteiger partial charge in [-0.1, -0.05) is 18.2 Å². The van der Waals surface area contributed by atoms with Crippen LogP contribution in [0.4, 0.5) is 0 Å². The Morgan fingerprint density at radius 2 is 1.86 bits per heavy atom. The van der Waals surface area contributed by atoms with Crippen molar-refractivity contribution < 1.29 is 19.4 Å². The zero-order chi connectivity index (χ0) is 24.9.